The lowest BCUT2D eigenvalue weighted by Gasteiger charge is -2.63. The number of carbonyl (C=O) groups excluding carboxylic acids is 1. The fourth-order valence-corrected chi connectivity index (χ4v) is 6.76. The van der Waals surface area contributed by atoms with E-state index in [2.05, 4.69) is 22.0 Å². The van der Waals surface area contributed by atoms with Crippen LogP contribution in [0.25, 0.3) is 0 Å². The maximum absolute atomic E-state index is 12.6. The number of pyridine rings is 1. The standard InChI is InChI=1S/C26H30N2O4/c1-15(29)20-9-18-12-26(31)23-10-17-5-6-19(32-2)11-21(17)25(26,13-22(18)27-24(20)30)7-8-28(23)14-16-3-4-16/h5-6,9,11,16,23,31H,3-4,7-8,10,12-14H2,1-2H3,(H,27,30)/t23-,25-,26-/m1/s1. The summed E-state index contributed by atoms with van der Waals surface area (Å²) in [7, 11) is 1.67. The van der Waals surface area contributed by atoms with Crippen molar-refractivity contribution in [3.8, 4) is 5.75 Å². The topological polar surface area (TPSA) is 82.6 Å². The summed E-state index contributed by atoms with van der Waals surface area (Å²) in [6, 6.07) is 8.01. The first-order valence-electron chi connectivity index (χ1n) is 11.7. The Morgan fingerprint density at radius 1 is 1.25 bits per heavy atom. The minimum absolute atomic E-state index is 0.0265. The lowest BCUT2D eigenvalue weighted by atomic mass is 9.49. The molecule has 1 aromatic heterocycles. The number of nitrogens with one attached hydrogen (secondary N) is 1. The van der Waals surface area contributed by atoms with E-state index in [0.717, 1.165) is 54.4 Å². The summed E-state index contributed by atoms with van der Waals surface area (Å²) in [5.41, 5.74) is 2.60. The predicted octanol–water partition coefficient (Wildman–Crippen LogP) is 2.39. The molecule has 3 atom stereocenters. The first kappa shape index (κ1) is 20.2. The zero-order valence-electron chi connectivity index (χ0n) is 18.7. The monoisotopic (exact) mass is 434 g/mol. The number of ketones is 1. The number of benzene rings is 1. The maximum Gasteiger partial charge on any atom is 0.259 e. The van der Waals surface area contributed by atoms with E-state index in [0.29, 0.717) is 12.8 Å². The van der Waals surface area contributed by atoms with Gasteiger partial charge >= 0.3 is 0 Å². The van der Waals surface area contributed by atoms with Crippen molar-refractivity contribution in [2.24, 2.45) is 5.92 Å². The summed E-state index contributed by atoms with van der Waals surface area (Å²) in [6.45, 7) is 3.42. The van der Waals surface area contributed by atoms with Crippen molar-refractivity contribution in [2.75, 3.05) is 20.2 Å². The smallest absolute Gasteiger partial charge is 0.259 e. The summed E-state index contributed by atoms with van der Waals surface area (Å²) >= 11 is 0. The molecule has 2 fully saturated rings. The van der Waals surface area contributed by atoms with E-state index in [1.54, 1.807) is 13.2 Å². The van der Waals surface area contributed by atoms with Crippen molar-refractivity contribution in [3.63, 3.8) is 0 Å². The van der Waals surface area contributed by atoms with Crippen LogP contribution in [0.15, 0.2) is 29.1 Å². The Labute approximate surface area is 187 Å². The molecule has 3 aliphatic carbocycles. The van der Waals surface area contributed by atoms with Gasteiger partial charge in [-0.25, -0.2) is 0 Å². The van der Waals surface area contributed by atoms with Crippen molar-refractivity contribution in [1.82, 2.24) is 9.88 Å². The molecule has 1 saturated heterocycles. The van der Waals surface area contributed by atoms with E-state index in [1.165, 1.54) is 25.3 Å². The molecule has 6 rings (SSSR count). The number of nitrogens with zero attached hydrogens (tertiary/aromatic N) is 1. The van der Waals surface area contributed by atoms with Gasteiger partial charge in [-0.05, 0) is 80.0 Å². The number of fused-ring (bicyclic) bond motifs is 2. The summed E-state index contributed by atoms with van der Waals surface area (Å²) in [4.78, 5) is 30.1. The van der Waals surface area contributed by atoms with Crippen LogP contribution in [0.1, 0.15) is 58.9 Å². The quantitative estimate of drug-likeness (QED) is 0.722. The van der Waals surface area contributed by atoms with E-state index in [9.17, 15) is 14.7 Å². The van der Waals surface area contributed by atoms with Gasteiger partial charge in [0.05, 0.1) is 18.3 Å². The Balaban J connectivity index is 1.54. The van der Waals surface area contributed by atoms with Crippen LogP contribution in [0, 0.1) is 5.92 Å². The van der Waals surface area contributed by atoms with E-state index in [4.69, 9.17) is 4.74 Å². The van der Waals surface area contributed by atoms with E-state index in [1.807, 2.05) is 6.07 Å². The molecule has 1 saturated carbocycles. The number of Topliss-reactive ketones (excluding diaryl/α,β-unsaturated/α-hetero) is 1. The second-order valence-electron chi connectivity index (χ2n) is 10.4. The molecule has 6 heteroatoms. The second-order valence-corrected chi connectivity index (χ2v) is 10.4. The number of likely N-dealkylation sites (tertiary alicyclic amines) is 1. The molecule has 2 aromatic rings. The van der Waals surface area contributed by atoms with Crippen LogP contribution in [0.3, 0.4) is 0 Å². The third kappa shape index (κ3) is 2.72. The fraction of sp³-hybridized carbons (Fsp3) is 0.538. The van der Waals surface area contributed by atoms with Gasteiger partial charge in [0, 0.05) is 36.5 Å². The number of aliphatic hydroxyl groups is 1. The van der Waals surface area contributed by atoms with Gasteiger partial charge in [0.1, 0.15) is 5.75 Å². The number of H-pyrrole nitrogens is 1. The number of rotatable bonds is 4. The third-order valence-corrected chi connectivity index (χ3v) is 8.62. The number of methoxy groups -OCH3 is 1. The number of hydrogen-bond acceptors (Lipinski definition) is 5. The first-order chi connectivity index (χ1) is 15.3. The average Bonchev–Trinajstić information content (AvgIpc) is 3.57. The van der Waals surface area contributed by atoms with E-state index < -0.39 is 11.0 Å². The lowest BCUT2D eigenvalue weighted by Crippen LogP contribution is -2.74. The minimum Gasteiger partial charge on any atom is -0.497 e. The zero-order valence-corrected chi connectivity index (χ0v) is 18.7. The number of piperidine rings is 1. The summed E-state index contributed by atoms with van der Waals surface area (Å²) in [5, 5.41) is 12.6. The Kier molecular flexibility index (Phi) is 4.28. The van der Waals surface area contributed by atoms with Crippen LogP contribution < -0.4 is 10.3 Å². The summed E-state index contributed by atoms with van der Waals surface area (Å²) in [5.74, 6) is 1.31. The molecule has 0 amide bonds. The van der Waals surface area contributed by atoms with Gasteiger partial charge in [-0.15, -0.1) is 0 Å². The van der Waals surface area contributed by atoms with Gasteiger partial charge in [-0.2, -0.15) is 0 Å². The Bertz CT molecular complexity index is 1180. The van der Waals surface area contributed by atoms with Crippen LogP contribution in [0.2, 0.25) is 0 Å². The molecule has 2 heterocycles. The van der Waals surface area contributed by atoms with Gasteiger partial charge in [0.15, 0.2) is 5.78 Å². The van der Waals surface area contributed by atoms with Crippen LogP contribution in [-0.2, 0) is 24.7 Å². The molecule has 2 bridgehead atoms. The average molecular weight is 435 g/mol. The van der Waals surface area contributed by atoms with Gasteiger partial charge in [0.25, 0.3) is 5.56 Å². The second kappa shape index (κ2) is 6.78. The molecule has 4 aliphatic rings. The largest absolute Gasteiger partial charge is 0.497 e. The lowest BCUT2D eigenvalue weighted by molar-refractivity contribution is -0.152. The molecule has 32 heavy (non-hydrogen) atoms. The van der Waals surface area contributed by atoms with E-state index in [-0.39, 0.29) is 22.9 Å². The molecule has 2 N–H and O–H groups in total. The van der Waals surface area contributed by atoms with Crippen LogP contribution in [0.5, 0.6) is 5.75 Å². The van der Waals surface area contributed by atoms with Crippen molar-refractivity contribution < 1.29 is 14.6 Å². The van der Waals surface area contributed by atoms with Crippen molar-refractivity contribution >= 4 is 5.78 Å². The highest BCUT2D eigenvalue weighted by molar-refractivity contribution is 5.93. The molecule has 1 aromatic carbocycles. The molecule has 1 aliphatic heterocycles. The highest BCUT2D eigenvalue weighted by atomic mass is 16.5. The molecule has 168 valence electrons. The minimum atomic E-state index is -0.960. The summed E-state index contributed by atoms with van der Waals surface area (Å²) < 4.78 is 5.55. The maximum atomic E-state index is 12.6. The molecular weight excluding hydrogens is 404 g/mol. The first-order valence-corrected chi connectivity index (χ1v) is 11.7. The number of carbonyl (C=O) groups is 1. The molecule has 0 radical (unpaired) electrons. The number of hydrogen-bond donors (Lipinski definition) is 2. The Morgan fingerprint density at radius 3 is 2.78 bits per heavy atom. The van der Waals surface area contributed by atoms with Crippen molar-refractivity contribution in [2.45, 2.75) is 62.5 Å². The molecule has 6 nitrogen and oxygen atoms in total. The van der Waals surface area contributed by atoms with Crippen molar-refractivity contribution in [3.05, 3.63) is 62.6 Å². The Morgan fingerprint density at radius 2 is 2.06 bits per heavy atom. The molecule has 0 unspecified atom stereocenters. The van der Waals surface area contributed by atoms with Crippen LogP contribution >= 0.6 is 0 Å². The molecular formula is C26H30N2O4. The van der Waals surface area contributed by atoms with Crippen molar-refractivity contribution in [1.29, 1.82) is 0 Å². The SMILES string of the molecule is COc1ccc2c(c1)[C@]13CCN(CC4CC4)[C@H](C2)[C@]1(O)Cc1cc(C(C)=O)c(=O)[nH]c1C3. The zero-order chi connectivity index (χ0) is 22.3. The Hall–Kier alpha value is -2.44. The van der Waals surface area contributed by atoms with Gasteiger partial charge in [-0.1, -0.05) is 6.07 Å². The number of ether oxygens (including phenoxy) is 1. The fourth-order valence-electron chi connectivity index (χ4n) is 6.76. The van der Waals surface area contributed by atoms with Crippen LogP contribution in [-0.4, -0.2) is 52.6 Å². The predicted molar refractivity (Wildman–Crippen MR) is 121 cm³/mol. The number of aromatic nitrogens is 1. The summed E-state index contributed by atoms with van der Waals surface area (Å²) in [6.07, 6.45) is 5.23. The highest BCUT2D eigenvalue weighted by Crippen LogP contribution is 2.57. The normalized spacial score (nSPS) is 30.8. The van der Waals surface area contributed by atoms with Gasteiger partial charge in [-0.3, -0.25) is 14.5 Å². The van der Waals surface area contributed by atoms with E-state index >= 15 is 0 Å². The number of aromatic amines is 1. The highest BCUT2D eigenvalue weighted by Gasteiger charge is 2.64. The van der Waals surface area contributed by atoms with Gasteiger partial charge in [0.2, 0.25) is 0 Å². The van der Waals surface area contributed by atoms with Crippen LogP contribution in [0.4, 0.5) is 0 Å². The van der Waals surface area contributed by atoms with Gasteiger partial charge < -0.3 is 14.8 Å². The third-order valence-electron chi connectivity index (χ3n) is 8.62. The molecule has 0 spiro atoms.